The van der Waals surface area contributed by atoms with Gasteiger partial charge in [-0.2, -0.15) is 4.98 Å². The Morgan fingerprint density at radius 1 is 1.29 bits per heavy atom. The Bertz CT molecular complexity index is 647. The fourth-order valence-corrected chi connectivity index (χ4v) is 2.79. The lowest BCUT2D eigenvalue weighted by molar-refractivity contribution is 0.216. The van der Waals surface area contributed by atoms with E-state index < -0.39 is 0 Å². The second-order valence-electron chi connectivity index (χ2n) is 5.12. The highest BCUT2D eigenvalue weighted by atomic mass is 32.2. The van der Waals surface area contributed by atoms with Gasteiger partial charge in [-0.05, 0) is 6.07 Å². The van der Waals surface area contributed by atoms with Crippen LogP contribution in [0.1, 0.15) is 27.2 Å². The number of para-hydroxylation sites is 1. The monoisotopic (exact) mass is 302 g/mol. The van der Waals surface area contributed by atoms with E-state index in [4.69, 9.17) is 4.74 Å². The molecule has 110 valence electrons. The van der Waals surface area contributed by atoms with Crippen molar-refractivity contribution in [1.82, 2.24) is 15.2 Å². The van der Waals surface area contributed by atoms with Gasteiger partial charge in [-0.1, -0.05) is 50.7 Å². The number of thioether (sulfide) groups is 1. The van der Waals surface area contributed by atoms with Crippen LogP contribution < -0.4 is 10.1 Å². The third-order valence-corrected chi connectivity index (χ3v) is 3.95. The number of rotatable bonds is 3. The molecule has 2 aromatic rings. The van der Waals surface area contributed by atoms with Crippen molar-refractivity contribution in [2.24, 2.45) is 0 Å². The summed E-state index contributed by atoms with van der Waals surface area (Å²) < 4.78 is 5.97. The second kappa shape index (κ2) is 5.89. The van der Waals surface area contributed by atoms with Crippen molar-refractivity contribution < 1.29 is 4.74 Å². The molecule has 1 unspecified atom stereocenters. The Labute approximate surface area is 128 Å². The summed E-state index contributed by atoms with van der Waals surface area (Å²) in [5.41, 5.74) is 2.68. The van der Waals surface area contributed by atoms with E-state index in [2.05, 4.69) is 41.3 Å². The lowest BCUT2D eigenvalue weighted by Crippen LogP contribution is -2.24. The molecule has 1 N–H and O–H groups in total. The number of nitrogens with zero attached hydrogens (tertiary/aromatic N) is 3. The van der Waals surface area contributed by atoms with Crippen LogP contribution in [0.25, 0.3) is 11.3 Å². The predicted octanol–water partition coefficient (Wildman–Crippen LogP) is 3.58. The van der Waals surface area contributed by atoms with Crippen molar-refractivity contribution in [2.75, 3.05) is 5.32 Å². The number of anilines is 1. The normalized spacial score (nSPS) is 16.5. The van der Waals surface area contributed by atoms with E-state index in [0.717, 1.165) is 17.7 Å². The summed E-state index contributed by atoms with van der Waals surface area (Å²) in [7, 11) is 0. The lowest BCUT2D eigenvalue weighted by Gasteiger charge is -2.16. The average Bonchev–Trinajstić information content (AvgIpc) is 2.62. The van der Waals surface area contributed by atoms with Crippen molar-refractivity contribution >= 4 is 17.4 Å². The highest BCUT2D eigenvalue weighted by Crippen LogP contribution is 2.36. The maximum atomic E-state index is 5.97. The van der Waals surface area contributed by atoms with Crippen molar-refractivity contribution in [1.29, 1.82) is 0 Å². The first-order valence-electron chi connectivity index (χ1n) is 7.11. The zero-order chi connectivity index (χ0) is 14.8. The van der Waals surface area contributed by atoms with Gasteiger partial charge in [-0.25, -0.2) is 0 Å². The Morgan fingerprint density at radius 2 is 2.10 bits per heavy atom. The summed E-state index contributed by atoms with van der Waals surface area (Å²) >= 11 is 1.58. The molecule has 0 saturated carbocycles. The van der Waals surface area contributed by atoms with Crippen LogP contribution in [0.5, 0.6) is 5.88 Å². The quantitative estimate of drug-likeness (QED) is 0.875. The molecule has 0 spiro atoms. The van der Waals surface area contributed by atoms with E-state index in [1.807, 2.05) is 24.3 Å². The minimum atomic E-state index is -0.110. The predicted molar refractivity (Wildman–Crippen MR) is 84.6 cm³/mol. The third kappa shape index (κ3) is 2.95. The number of benzene rings is 1. The van der Waals surface area contributed by atoms with Crippen molar-refractivity contribution in [3.8, 4) is 17.1 Å². The lowest BCUT2D eigenvalue weighted by atomic mass is 10.1. The number of fused-ring (bicyclic) bond motifs is 3. The summed E-state index contributed by atoms with van der Waals surface area (Å²) in [5.74, 6) is 0.553. The maximum absolute atomic E-state index is 5.97. The first kappa shape index (κ1) is 14.1. The van der Waals surface area contributed by atoms with Crippen LogP contribution in [-0.2, 0) is 0 Å². The number of nitrogens with one attached hydrogen (secondary N) is 1. The standard InChI is InChI=1S/C15H18N4OS/c1-4-12-16-11-8-6-5-7-10(11)13-14(20-12)17-15(19-18-13)21-9(2)3/h5-9,12,16H,4H2,1-3H3. The van der Waals surface area contributed by atoms with Gasteiger partial charge in [0, 0.05) is 22.9 Å². The molecule has 0 fully saturated rings. The average molecular weight is 302 g/mol. The molecule has 2 heterocycles. The molecule has 1 aromatic heterocycles. The van der Waals surface area contributed by atoms with Gasteiger partial charge in [-0.15, -0.1) is 10.2 Å². The van der Waals surface area contributed by atoms with Crippen LogP contribution in [0.4, 0.5) is 5.69 Å². The van der Waals surface area contributed by atoms with Crippen LogP contribution >= 0.6 is 11.8 Å². The molecule has 0 radical (unpaired) electrons. The molecule has 0 aliphatic carbocycles. The van der Waals surface area contributed by atoms with Gasteiger partial charge in [0.05, 0.1) is 0 Å². The first-order chi connectivity index (χ1) is 10.2. The number of hydrogen-bond acceptors (Lipinski definition) is 6. The third-order valence-electron chi connectivity index (χ3n) is 3.10. The van der Waals surface area contributed by atoms with Crippen molar-refractivity contribution in [3.63, 3.8) is 0 Å². The van der Waals surface area contributed by atoms with Gasteiger partial charge < -0.3 is 10.1 Å². The Balaban J connectivity index is 2.08. The van der Waals surface area contributed by atoms with Crippen molar-refractivity contribution in [3.05, 3.63) is 24.3 Å². The van der Waals surface area contributed by atoms with Gasteiger partial charge in [0.1, 0.15) is 0 Å². The molecule has 1 aliphatic rings. The topological polar surface area (TPSA) is 59.9 Å². The number of ether oxygens (including phenoxy) is 1. The largest absolute Gasteiger partial charge is 0.452 e. The molecule has 0 saturated heterocycles. The summed E-state index contributed by atoms with van der Waals surface area (Å²) in [6.45, 7) is 6.28. The minimum Gasteiger partial charge on any atom is -0.452 e. The van der Waals surface area contributed by atoms with Gasteiger partial charge in [-0.3, -0.25) is 0 Å². The van der Waals surface area contributed by atoms with E-state index in [1.54, 1.807) is 11.8 Å². The molecule has 21 heavy (non-hydrogen) atoms. The molecule has 5 nitrogen and oxygen atoms in total. The van der Waals surface area contributed by atoms with E-state index in [0.29, 0.717) is 22.0 Å². The van der Waals surface area contributed by atoms with Crippen LogP contribution in [0, 0.1) is 0 Å². The summed E-state index contributed by atoms with van der Waals surface area (Å²) in [5, 5.41) is 13.0. The molecule has 1 aliphatic heterocycles. The summed E-state index contributed by atoms with van der Waals surface area (Å²) in [6.07, 6.45) is 0.728. The Morgan fingerprint density at radius 3 is 2.86 bits per heavy atom. The summed E-state index contributed by atoms with van der Waals surface area (Å²) in [6, 6.07) is 8.01. The highest BCUT2D eigenvalue weighted by Gasteiger charge is 2.23. The summed E-state index contributed by atoms with van der Waals surface area (Å²) in [4.78, 5) is 4.54. The molecule has 3 rings (SSSR count). The van der Waals surface area contributed by atoms with Gasteiger partial charge in [0.25, 0.3) is 0 Å². The smallest absolute Gasteiger partial charge is 0.247 e. The van der Waals surface area contributed by atoms with Gasteiger partial charge >= 0.3 is 0 Å². The van der Waals surface area contributed by atoms with Gasteiger partial charge in [0.2, 0.25) is 11.0 Å². The molecular weight excluding hydrogens is 284 g/mol. The number of aromatic nitrogens is 3. The fourth-order valence-electron chi connectivity index (χ4n) is 2.15. The Kier molecular flexibility index (Phi) is 3.96. The highest BCUT2D eigenvalue weighted by molar-refractivity contribution is 7.99. The maximum Gasteiger partial charge on any atom is 0.247 e. The molecule has 0 amide bonds. The number of hydrogen-bond donors (Lipinski definition) is 1. The van der Waals surface area contributed by atoms with Crippen LogP contribution in [0.2, 0.25) is 0 Å². The van der Waals surface area contributed by atoms with E-state index in [1.165, 1.54) is 0 Å². The van der Waals surface area contributed by atoms with Crippen LogP contribution in [-0.4, -0.2) is 26.7 Å². The zero-order valence-electron chi connectivity index (χ0n) is 12.3. The molecule has 1 aromatic carbocycles. The molecule has 1 atom stereocenters. The Hall–Kier alpha value is -1.82. The van der Waals surface area contributed by atoms with E-state index >= 15 is 0 Å². The van der Waals surface area contributed by atoms with Crippen LogP contribution in [0.15, 0.2) is 29.4 Å². The molecule has 0 bridgehead atoms. The van der Waals surface area contributed by atoms with Crippen LogP contribution in [0.3, 0.4) is 0 Å². The fraction of sp³-hybridized carbons (Fsp3) is 0.400. The zero-order valence-corrected chi connectivity index (χ0v) is 13.1. The molecular formula is C15H18N4OS. The van der Waals surface area contributed by atoms with Crippen molar-refractivity contribution in [2.45, 2.75) is 43.8 Å². The van der Waals surface area contributed by atoms with E-state index in [9.17, 15) is 0 Å². The van der Waals surface area contributed by atoms with Gasteiger partial charge in [0.15, 0.2) is 11.9 Å². The minimum absolute atomic E-state index is 0.110. The molecule has 6 heteroatoms. The SMILES string of the molecule is CCC1Nc2ccccc2-c2nnc(SC(C)C)nc2O1. The van der Waals surface area contributed by atoms with E-state index in [-0.39, 0.29) is 6.23 Å². The first-order valence-corrected chi connectivity index (χ1v) is 7.99. The second-order valence-corrected chi connectivity index (χ2v) is 6.66.